The third kappa shape index (κ3) is 4.07. The molecule has 0 aliphatic carbocycles. The maximum Gasteiger partial charge on any atom is 0.269 e. The number of aromatic nitrogens is 1. The Morgan fingerprint density at radius 1 is 1.18 bits per heavy atom. The van der Waals surface area contributed by atoms with E-state index < -0.39 is 0 Å². The first-order valence-electron chi connectivity index (χ1n) is 7.68. The van der Waals surface area contributed by atoms with Crippen molar-refractivity contribution in [3.8, 4) is 0 Å². The maximum atomic E-state index is 12.2. The lowest BCUT2D eigenvalue weighted by Gasteiger charge is -2.23. The van der Waals surface area contributed by atoms with E-state index in [2.05, 4.69) is 48.1 Å². The van der Waals surface area contributed by atoms with Gasteiger partial charge >= 0.3 is 0 Å². The van der Waals surface area contributed by atoms with Crippen LogP contribution in [-0.2, 0) is 0 Å². The highest BCUT2D eigenvalue weighted by molar-refractivity contribution is 5.93. The van der Waals surface area contributed by atoms with Gasteiger partial charge in [-0.05, 0) is 37.1 Å². The molecule has 1 N–H and O–H groups in total. The fraction of sp³-hybridized carbons (Fsp3) is 0.333. The number of carbonyl (C=O) groups excluding carboxylic acids is 1. The summed E-state index contributed by atoms with van der Waals surface area (Å²) in [5.74, 6) is 0.295. The van der Waals surface area contributed by atoms with Crippen molar-refractivity contribution >= 4 is 17.3 Å². The molecule has 0 aliphatic rings. The van der Waals surface area contributed by atoms with E-state index in [0.717, 1.165) is 17.9 Å². The first-order valence-corrected chi connectivity index (χ1v) is 7.68. The third-order valence-corrected chi connectivity index (χ3v) is 3.34. The highest BCUT2D eigenvalue weighted by atomic mass is 16.1. The topological polar surface area (TPSA) is 45.2 Å². The van der Waals surface area contributed by atoms with E-state index >= 15 is 0 Å². The lowest BCUT2D eigenvalue weighted by atomic mass is 10.2. The second-order valence-electron chi connectivity index (χ2n) is 5.58. The number of hydrogen-bond donors (Lipinski definition) is 1. The van der Waals surface area contributed by atoms with E-state index in [1.165, 1.54) is 0 Å². The Balaban J connectivity index is 2.21. The van der Waals surface area contributed by atoms with Crippen LogP contribution in [0.1, 0.15) is 31.3 Å². The largest absolute Gasteiger partial charge is 0.350 e. The van der Waals surface area contributed by atoms with Crippen LogP contribution in [0.15, 0.2) is 48.7 Å². The minimum Gasteiger partial charge on any atom is -0.350 e. The van der Waals surface area contributed by atoms with Crippen molar-refractivity contribution in [2.45, 2.75) is 20.8 Å². The van der Waals surface area contributed by atoms with Gasteiger partial charge in [-0.15, -0.1) is 0 Å². The van der Waals surface area contributed by atoms with Gasteiger partial charge in [-0.1, -0.05) is 32.0 Å². The van der Waals surface area contributed by atoms with E-state index in [1.807, 2.05) is 30.3 Å². The first-order chi connectivity index (χ1) is 10.6. The molecule has 0 saturated heterocycles. The fourth-order valence-electron chi connectivity index (χ4n) is 2.22. The van der Waals surface area contributed by atoms with Crippen molar-refractivity contribution in [1.29, 1.82) is 0 Å². The zero-order chi connectivity index (χ0) is 15.9. The molecule has 4 nitrogen and oxygen atoms in total. The van der Waals surface area contributed by atoms with Crippen LogP contribution in [0.25, 0.3) is 0 Å². The molecule has 0 bridgehead atoms. The monoisotopic (exact) mass is 297 g/mol. The fourth-order valence-corrected chi connectivity index (χ4v) is 2.22. The molecular weight excluding hydrogens is 274 g/mol. The Hall–Kier alpha value is -2.36. The summed E-state index contributed by atoms with van der Waals surface area (Å²) in [6.45, 7) is 7.70. The van der Waals surface area contributed by atoms with Crippen LogP contribution in [0.2, 0.25) is 0 Å². The van der Waals surface area contributed by atoms with Crippen molar-refractivity contribution in [3.05, 3.63) is 54.4 Å². The Morgan fingerprint density at radius 3 is 2.55 bits per heavy atom. The maximum absolute atomic E-state index is 12.2. The molecule has 0 fully saturated rings. The van der Waals surface area contributed by atoms with Gasteiger partial charge in [0, 0.05) is 30.7 Å². The lowest BCUT2D eigenvalue weighted by molar-refractivity contribution is 0.0944. The van der Waals surface area contributed by atoms with Crippen molar-refractivity contribution in [2.75, 3.05) is 18.0 Å². The number of rotatable bonds is 6. The van der Waals surface area contributed by atoms with E-state index in [9.17, 15) is 4.79 Å². The second kappa shape index (κ2) is 7.59. The van der Waals surface area contributed by atoms with Gasteiger partial charge in [-0.3, -0.25) is 9.78 Å². The smallest absolute Gasteiger partial charge is 0.269 e. The van der Waals surface area contributed by atoms with Gasteiger partial charge in [0.2, 0.25) is 0 Å². The Labute approximate surface area is 132 Å². The van der Waals surface area contributed by atoms with Gasteiger partial charge in [0.1, 0.15) is 5.69 Å². The van der Waals surface area contributed by atoms with Crippen molar-refractivity contribution in [3.63, 3.8) is 0 Å². The average molecular weight is 297 g/mol. The number of nitrogens with zero attached hydrogens (tertiary/aromatic N) is 2. The summed E-state index contributed by atoms with van der Waals surface area (Å²) in [6, 6.07) is 13.9. The molecule has 2 rings (SSSR count). The molecule has 1 amide bonds. The minimum absolute atomic E-state index is 0.125. The normalized spacial score (nSPS) is 10.5. The highest BCUT2D eigenvalue weighted by Gasteiger charge is 2.12. The molecule has 116 valence electrons. The summed E-state index contributed by atoms with van der Waals surface area (Å²) in [5, 5.41) is 2.90. The molecule has 4 heteroatoms. The predicted octanol–water partition coefficient (Wildman–Crippen LogP) is 3.63. The molecule has 22 heavy (non-hydrogen) atoms. The van der Waals surface area contributed by atoms with Crippen LogP contribution in [0.3, 0.4) is 0 Å². The molecule has 1 aromatic heterocycles. The van der Waals surface area contributed by atoms with Gasteiger partial charge < -0.3 is 10.2 Å². The molecule has 0 aliphatic heterocycles. The van der Waals surface area contributed by atoms with Gasteiger partial charge in [-0.2, -0.15) is 0 Å². The quantitative estimate of drug-likeness (QED) is 0.885. The number of para-hydroxylation sites is 1. The third-order valence-electron chi connectivity index (χ3n) is 3.34. The van der Waals surface area contributed by atoms with Gasteiger partial charge in [0.25, 0.3) is 5.91 Å². The molecule has 0 radical (unpaired) electrons. The van der Waals surface area contributed by atoms with Crippen molar-refractivity contribution in [1.82, 2.24) is 10.3 Å². The number of carbonyl (C=O) groups is 1. The van der Waals surface area contributed by atoms with Gasteiger partial charge in [-0.25, -0.2) is 0 Å². The van der Waals surface area contributed by atoms with Crippen LogP contribution in [-0.4, -0.2) is 24.0 Å². The Bertz CT molecular complexity index is 611. The summed E-state index contributed by atoms with van der Waals surface area (Å²) >= 11 is 0. The highest BCUT2D eigenvalue weighted by Crippen LogP contribution is 2.24. The molecule has 0 unspecified atom stereocenters. The van der Waals surface area contributed by atoms with Gasteiger partial charge in [0.05, 0.1) is 0 Å². The van der Waals surface area contributed by atoms with E-state index in [-0.39, 0.29) is 5.91 Å². The summed E-state index contributed by atoms with van der Waals surface area (Å²) < 4.78 is 0. The SMILES string of the molecule is CCN(c1ccccc1)c1ccnc(C(=O)NCC(C)C)c1. The summed E-state index contributed by atoms with van der Waals surface area (Å²) in [4.78, 5) is 18.5. The molecule has 0 atom stereocenters. The number of pyridine rings is 1. The number of anilines is 2. The summed E-state index contributed by atoms with van der Waals surface area (Å²) in [6.07, 6.45) is 1.69. The predicted molar refractivity (Wildman–Crippen MR) is 90.5 cm³/mol. The van der Waals surface area contributed by atoms with Crippen LogP contribution < -0.4 is 10.2 Å². The van der Waals surface area contributed by atoms with Gasteiger partial charge in [0.15, 0.2) is 0 Å². The number of hydrogen-bond acceptors (Lipinski definition) is 3. The average Bonchev–Trinajstić information content (AvgIpc) is 2.54. The zero-order valence-corrected chi connectivity index (χ0v) is 13.4. The Kier molecular flexibility index (Phi) is 5.53. The van der Waals surface area contributed by atoms with Crippen molar-refractivity contribution < 1.29 is 4.79 Å². The number of benzene rings is 1. The summed E-state index contributed by atoms with van der Waals surface area (Å²) in [7, 11) is 0. The van der Waals surface area contributed by atoms with Crippen LogP contribution in [0.5, 0.6) is 0 Å². The molecule has 1 heterocycles. The standard InChI is InChI=1S/C18H23N3O/c1-4-21(15-8-6-5-7-9-15)16-10-11-19-17(12-16)18(22)20-13-14(2)3/h5-12,14H,4,13H2,1-3H3,(H,20,22). The first kappa shape index (κ1) is 16.0. The molecule has 0 spiro atoms. The van der Waals surface area contributed by atoms with Crippen LogP contribution in [0, 0.1) is 5.92 Å². The Morgan fingerprint density at radius 2 is 1.91 bits per heavy atom. The van der Waals surface area contributed by atoms with E-state index in [0.29, 0.717) is 18.2 Å². The van der Waals surface area contributed by atoms with E-state index in [1.54, 1.807) is 6.20 Å². The summed E-state index contributed by atoms with van der Waals surface area (Å²) in [5.41, 5.74) is 2.52. The lowest BCUT2D eigenvalue weighted by Crippen LogP contribution is -2.28. The molecule has 2 aromatic rings. The second-order valence-corrected chi connectivity index (χ2v) is 5.58. The zero-order valence-electron chi connectivity index (χ0n) is 13.4. The minimum atomic E-state index is -0.125. The van der Waals surface area contributed by atoms with E-state index in [4.69, 9.17) is 0 Å². The number of amides is 1. The molecule has 0 saturated carbocycles. The molecular formula is C18H23N3O. The van der Waals surface area contributed by atoms with Crippen LogP contribution in [0.4, 0.5) is 11.4 Å². The van der Waals surface area contributed by atoms with Crippen LogP contribution >= 0.6 is 0 Å². The van der Waals surface area contributed by atoms with Crippen molar-refractivity contribution in [2.24, 2.45) is 5.92 Å². The number of nitrogens with one attached hydrogen (secondary N) is 1. The molecule has 1 aromatic carbocycles.